The predicted octanol–water partition coefficient (Wildman–Crippen LogP) is 0.475. The van der Waals surface area contributed by atoms with Crippen LogP contribution in [0.15, 0.2) is 12.2 Å². The zero-order chi connectivity index (χ0) is 8.29. The van der Waals surface area contributed by atoms with E-state index in [0.717, 1.165) is 11.8 Å². The molecule has 12 heavy (non-hydrogen) atoms. The molecule has 0 aromatic carbocycles. The molecular weight excluding hydrogens is 152 g/mol. The lowest BCUT2D eigenvalue weighted by Crippen LogP contribution is -2.34. The Morgan fingerprint density at radius 1 is 1.33 bits per heavy atom. The number of primary amides is 1. The lowest BCUT2D eigenvalue weighted by atomic mass is 10.0. The number of urea groups is 1. The number of amides is 2. The highest BCUT2D eigenvalue weighted by Crippen LogP contribution is 2.62. The zero-order valence-electron chi connectivity index (χ0n) is 6.73. The zero-order valence-corrected chi connectivity index (χ0v) is 6.73. The summed E-state index contributed by atoms with van der Waals surface area (Å²) in [6.07, 6.45) is 5.91. The normalized spacial score (nSPS) is 52.2. The molecule has 0 aliphatic heterocycles. The molecule has 3 rings (SSSR count). The lowest BCUT2D eigenvalue weighted by Gasteiger charge is -2.08. The number of fused-ring (bicyclic) bond motifs is 5. The van der Waals surface area contributed by atoms with Crippen LogP contribution < -0.4 is 11.1 Å². The van der Waals surface area contributed by atoms with Crippen molar-refractivity contribution in [2.24, 2.45) is 29.4 Å². The van der Waals surface area contributed by atoms with E-state index >= 15 is 0 Å². The molecule has 0 heterocycles. The van der Waals surface area contributed by atoms with Gasteiger partial charge in [-0.2, -0.15) is 0 Å². The van der Waals surface area contributed by atoms with E-state index < -0.39 is 0 Å². The molecule has 0 aromatic heterocycles. The third-order valence-electron chi connectivity index (χ3n) is 3.58. The molecule has 0 spiro atoms. The summed E-state index contributed by atoms with van der Waals surface area (Å²) in [5, 5.41) is 2.82. The molecule has 3 nitrogen and oxygen atoms in total. The minimum Gasteiger partial charge on any atom is -0.352 e. The van der Waals surface area contributed by atoms with Gasteiger partial charge >= 0.3 is 6.03 Å². The number of hydrogen-bond donors (Lipinski definition) is 2. The molecule has 64 valence electrons. The quantitative estimate of drug-likeness (QED) is 0.544. The van der Waals surface area contributed by atoms with Crippen LogP contribution in [0.3, 0.4) is 0 Å². The molecule has 3 N–H and O–H groups in total. The van der Waals surface area contributed by atoms with E-state index in [1.54, 1.807) is 0 Å². The van der Waals surface area contributed by atoms with E-state index in [1.807, 2.05) is 0 Å². The third kappa shape index (κ3) is 0.642. The molecule has 2 fully saturated rings. The van der Waals surface area contributed by atoms with Gasteiger partial charge in [0.25, 0.3) is 0 Å². The summed E-state index contributed by atoms with van der Waals surface area (Å²) in [5.41, 5.74) is 5.08. The SMILES string of the molecule is NC(=O)NC1C2C3C=CC(C3)C12. The smallest absolute Gasteiger partial charge is 0.312 e. The van der Waals surface area contributed by atoms with Crippen LogP contribution in [0.4, 0.5) is 4.79 Å². The summed E-state index contributed by atoms with van der Waals surface area (Å²) in [6.45, 7) is 0. The second-order valence-electron chi connectivity index (χ2n) is 4.14. The standard InChI is InChI=1S/C9H12N2O/c10-9(12)11-8-6-4-1-2-5(3-4)7(6)8/h1-2,4-8H,3H2,(H3,10,11,12). The van der Waals surface area contributed by atoms with Gasteiger partial charge in [0, 0.05) is 6.04 Å². The van der Waals surface area contributed by atoms with Crippen LogP contribution in [0.1, 0.15) is 6.42 Å². The Balaban J connectivity index is 1.73. The third-order valence-corrected chi connectivity index (χ3v) is 3.58. The Morgan fingerprint density at radius 3 is 2.42 bits per heavy atom. The van der Waals surface area contributed by atoms with Gasteiger partial charge in [-0.15, -0.1) is 0 Å². The molecule has 2 saturated carbocycles. The highest BCUT2D eigenvalue weighted by atomic mass is 16.2. The number of nitrogens with one attached hydrogen (secondary N) is 1. The van der Waals surface area contributed by atoms with Gasteiger partial charge in [0.2, 0.25) is 0 Å². The first-order chi connectivity index (χ1) is 5.77. The van der Waals surface area contributed by atoms with Crippen molar-refractivity contribution in [1.29, 1.82) is 0 Å². The molecule has 2 bridgehead atoms. The molecule has 3 aliphatic carbocycles. The Hall–Kier alpha value is -0.990. The van der Waals surface area contributed by atoms with Crippen molar-refractivity contribution in [3.05, 3.63) is 12.2 Å². The molecule has 4 unspecified atom stereocenters. The molecule has 3 heteroatoms. The fourth-order valence-corrected chi connectivity index (χ4v) is 3.15. The van der Waals surface area contributed by atoms with Crippen molar-refractivity contribution >= 4 is 6.03 Å². The Morgan fingerprint density at radius 2 is 1.92 bits per heavy atom. The minimum absolute atomic E-state index is 0.367. The molecular formula is C9H12N2O. The predicted molar refractivity (Wildman–Crippen MR) is 44.2 cm³/mol. The summed E-state index contributed by atoms with van der Waals surface area (Å²) < 4.78 is 0. The van der Waals surface area contributed by atoms with Crippen LogP contribution in [-0.4, -0.2) is 12.1 Å². The van der Waals surface area contributed by atoms with Crippen LogP contribution in [0.25, 0.3) is 0 Å². The maximum Gasteiger partial charge on any atom is 0.312 e. The highest BCUT2D eigenvalue weighted by Gasteiger charge is 2.63. The number of nitrogens with two attached hydrogens (primary N) is 1. The lowest BCUT2D eigenvalue weighted by molar-refractivity contribution is 0.246. The summed E-state index contributed by atoms with van der Waals surface area (Å²) in [7, 11) is 0. The van der Waals surface area contributed by atoms with Crippen molar-refractivity contribution in [3.8, 4) is 0 Å². The van der Waals surface area contributed by atoms with Gasteiger partial charge < -0.3 is 11.1 Å². The Kier molecular flexibility index (Phi) is 1.000. The molecule has 0 radical (unpaired) electrons. The van der Waals surface area contributed by atoms with Gasteiger partial charge in [0.15, 0.2) is 0 Å². The van der Waals surface area contributed by atoms with Gasteiger partial charge in [0.1, 0.15) is 0 Å². The fraction of sp³-hybridized carbons (Fsp3) is 0.667. The maximum atomic E-state index is 10.6. The molecule has 3 aliphatic rings. The van der Waals surface area contributed by atoms with Crippen molar-refractivity contribution in [2.45, 2.75) is 12.5 Å². The van der Waals surface area contributed by atoms with E-state index in [9.17, 15) is 4.79 Å². The van der Waals surface area contributed by atoms with E-state index in [4.69, 9.17) is 5.73 Å². The van der Waals surface area contributed by atoms with Crippen LogP contribution in [0.5, 0.6) is 0 Å². The molecule has 4 atom stereocenters. The topological polar surface area (TPSA) is 55.1 Å². The number of hydrogen-bond acceptors (Lipinski definition) is 1. The second kappa shape index (κ2) is 1.84. The van der Waals surface area contributed by atoms with Crippen LogP contribution >= 0.6 is 0 Å². The van der Waals surface area contributed by atoms with Crippen molar-refractivity contribution in [1.82, 2.24) is 5.32 Å². The van der Waals surface area contributed by atoms with Crippen LogP contribution in [0.2, 0.25) is 0 Å². The van der Waals surface area contributed by atoms with E-state index in [-0.39, 0.29) is 6.03 Å². The minimum atomic E-state index is -0.367. The van der Waals surface area contributed by atoms with Crippen LogP contribution in [-0.2, 0) is 0 Å². The van der Waals surface area contributed by atoms with Crippen molar-refractivity contribution < 1.29 is 4.79 Å². The maximum absolute atomic E-state index is 10.6. The highest BCUT2D eigenvalue weighted by molar-refractivity contribution is 5.72. The average molecular weight is 164 g/mol. The molecule has 2 amide bonds. The van der Waals surface area contributed by atoms with E-state index in [2.05, 4.69) is 17.5 Å². The summed E-state index contributed by atoms with van der Waals surface area (Å²) in [4.78, 5) is 10.6. The van der Waals surface area contributed by atoms with Crippen LogP contribution in [0, 0.1) is 23.7 Å². The van der Waals surface area contributed by atoms with Gasteiger partial charge in [-0.3, -0.25) is 0 Å². The Bertz CT molecular complexity index is 256. The summed E-state index contributed by atoms with van der Waals surface area (Å²) in [6, 6.07) is 0.0232. The first kappa shape index (κ1) is 6.52. The van der Waals surface area contributed by atoms with Crippen molar-refractivity contribution in [2.75, 3.05) is 0 Å². The first-order valence-corrected chi connectivity index (χ1v) is 4.51. The fourth-order valence-electron chi connectivity index (χ4n) is 3.15. The summed E-state index contributed by atoms with van der Waals surface area (Å²) >= 11 is 0. The number of carbonyl (C=O) groups excluding carboxylic acids is 1. The van der Waals surface area contributed by atoms with Gasteiger partial charge in [-0.25, -0.2) is 4.79 Å². The monoisotopic (exact) mass is 164 g/mol. The number of carbonyl (C=O) groups is 1. The number of rotatable bonds is 1. The first-order valence-electron chi connectivity index (χ1n) is 4.51. The van der Waals surface area contributed by atoms with Crippen molar-refractivity contribution in [3.63, 3.8) is 0 Å². The van der Waals surface area contributed by atoms with Gasteiger partial charge in [0.05, 0.1) is 0 Å². The second-order valence-corrected chi connectivity index (χ2v) is 4.14. The Labute approximate surface area is 71.0 Å². The number of allylic oxidation sites excluding steroid dienone is 2. The summed E-state index contributed by atoms with van der Waals surface area (Å²) in [5.74, 6) is 2.90. The van der Waals surface area contributed by atoms with Gasteiger partial charge in [-0.05, 0) is 30.1 Å². The largest absolute Gasteiger partial charge is 0.352 e. The molecule has 0 saturated heterocycles. The van der Waals surface area contributed by atoms with Gasteiger partial charge in [-0.1, -0.05) is 12.2 Å². The molecule has 0 aromatic rings. The average Bonchev–Trinajstić information content (AvgIpc) is 2.43. The van der Waals surface area contributed by atoms with E-state index in [0.29, 0.717) is 17.9 Å². The van der Waals surface area contributed by atoms with E-state index in [1.165, 1.54) is 6.42 Å².